The molecule has 0 aliphatic carbocycles. The average Bonchev–Trinajstić information content (AvgIpc) is 2.72. The van der Waals surface area contributed by atoms with Crippen molar-refractivity contribution in [1.29, 1.82) is 0 Å². The minimum atomic E-state index is -0.208. The Labute approximate surface area is 108 Å². The van der Waals surface area contributed by atoms with Crippen molar-refractivity contribution in [3.63, 3.8) is 0 Å². The molecule has 90 valence electrons. The lowest BCUT2D eigenvalue weighted by Crippen LogP contribution is -2.11. The van der Waals surface area contributed by atoms with Gasteiger partial charge < -0.3 is 10.3 Å². The fourth-order valence-electron chi connectivity index (χ4n) is 1.69. The first-order chi connectivity index (χ1) is 8.20. The van der Waals surface area contributed by atoms with Crippen LogP contribution in [0, 0.1) is 5.82 Å². The van der Waals surface area contributed by atoms with E-state index in [4.69, 9.17) is 5.73 Å². The summed E-state index contributed by atoms with van der Waals surface area (Å²) in [7, 11) is 0. The predicted octanol–water partition coefficient (Wildman–Crippen LogP) is 2.33. The predicted molar refractivity (Wildman–Crippen MR) is 68.2 cm³/mol. The van der Waals surface area contributed by atoms with E-state index in [1.54, 1.807) is 18.3 Å². The van der Waals surface area contributed by atoms with Gasteiger partial charge in [0.1, 0.15) is 11.6 Å². The van der Waals surface area contributed by atoms with Crippen LogP contribution in [-0.4, -0.2) is 16.1 Å². The molecule has 3 nitrogen and oxygen atoms in total. The second-order valence-electron chi connectivity index (χ2n) is 3.75. The van der Waals surface area contributed by atoms with Gasteiger partial charge >= 0.3 is 0 Å². The third-order valence-corrected chi connectivity index (χ3v) is 3.01. The molecule has 5 heteroatoms. The summed E-state index contributed by atoms with van der Waals surface area (Å²) < 4.78 is 16.4. The maximum Gasteiger partial charge on any atom is 0.128 e. The van der Waals surface area contributed by atoms with E-state index >= 15 is 0 Å². The number of imidazole rings is 1. The average molecular weight is 298 g/mol. The molecule has 0 unspecified atom stereocenters. The Morgan fingerprint density at radius 1 is 1.41 bits per heavy atom. The molecular weight excluding hydrogens is 285 g/mol. The van der Waals surface area contributed by atoms with Crippen molar-refractivity contribution in [2.75, 3.05) is 6.54 Å². The third kappa shape index (κ3) is 2.92. The Balaban J connectivity index is 2.25. The van der Waals surface area contributed by atoms with Crippen LogP contribution in [0.2, 0.25) is 0 Å². The molecule has 0 saturated carbocycles. The quantitative estimate of drug-likeness (QED) is 0.941. The van der Waals surface area contributed by atoms with Gasteiger partial charge in [0.05, 0.1) is 6.54 Å². The number of nitrogens with zero attached hydrogens (tertiary/aromatic N) is 2. The maximum absolute atomic E-state index is 13.6. The lowest BCUT2D eigenvalue weighted by Gasteiger charge is -2.08. The summed E-state index contributed by atoms with van der Waals surface area (Å²) in [5.41, 5.74) is 6.14. The monoisotopic (exact) mass is 297 g/mol. The van der Waals surface area contributed by atoms with Gasteiger partial charge in [-0.15, -0.1) is 0 Å². The van der Waals surface area contributed by atoms with Gasteiger partial charge in [-0.25, -0.2) is 9.37 Å². The van der Waals surface area contributed by atoms with Crippen LogP contribution < -0.4 is 5.73 Å². The molecule has 0 bridgehead atoms. The summed E-state index contributed by atoms with van der Waals surface area (Å²) in [6.45, 7) is 1.01. The zero-order chi connectivity index (χ0) is 12.3. The lowest BCUT2D eigenvalue weighted by molar-refractivity contribution is 0.593. The highest BCUT2D eigenvalue weighted by atomic mass is 79.9. The third-order valence-electron chi connectivity index (χ3n) is 2.52. The summed E-state index contributed by atoms with van der Waals surface area (Å²) in [5.74, 6) is 0.674. The molecule has 0 spiro atoms. The van der Waals surface area contributed by atoms with Crippen LogP contribution in [0.1, 0.15) is 11.4 Å². The van der Waals surface area contributed by atoms with Crippen LogP contribution in [0.3, 0.4) is 0 Å². The zero-order valence-electron chi connectivity index (χ0n) is 9.24. The molecule has 0 fully saturated rings. The molecule has 0 atom stereocenters. The van der Waals surface area contributed by atoms with Crippen LogP contribution in [0.25, 0.3) is 0 Å². The van der Waals surface area contributed by atoms with Crippen LogP contribution in [0.5, 0.6) is 0 Å². The first kappa shape index (κ1) is 12.3. The van der Waals surface area contributed by atoms with E-state index in [-0.39, 0.29) is 5.82 Å². The topological polar surface area (TPSA) is 43.8 Å². The Bertz CT molecular complexity index is 510. The highest BCUT2D eigenvalue weighted by Gasteiger charge is 2.07. The number of benzene rings is 1. The fourth-order valence-corrected chi connectivity index (χ4v) is 2.10. The van der Waals surface area contributed by atoms with E-state index in [0.29, 0.717) is 25.1 Å². The molecule has 1 aromatic heterocycles. The number of nitrogens with two attached hydrogens (primary N) is 1. The molecule has 2 aromatic rings. The largest absolute Gasteiger partial charge is 0.330 e. The van der Waals surface area contributed by atoms with Gasteiger partial charge in [0.15, 0.2) is 0 Å². The molecule has 2 rings (SSSR count). The number of aromatic nitrogens is 2. The van der Waals surface area contributed by atoms with E-state index in [1.165, 1.54) is 6.07 Å². The van der Waals surface area contributed by atoms with Crippen molar-refractivity contribution in [1.82, 2.24) is 9.55 Å². The van der Waals surface area contributed by atoms with Crippen LogP contribution in [0.4, 0.5) is 4.39 Å². The Morgan fingerprint density at radius 2 is 2.24 bits per heavy atom. The minimum Gasteiger partial charge on any atom is -0.330 e. The molecule has 0 saturated heterocycles. The smallest absolute Gasteiger partial charge is 0.128 e. The number of hydrogen-bond donors (Lipinski definition) is 1. The normalized spacial score (nSPS) is 10.8. The van der Waals surface area contributed by atoms with Gasteiger partial charge in [0.2, 0.25) is 0 Å². The van der Waals surface area contributed by atoms with E-state index in [2.05, 4.69) is 20.9 Å². The van der Waals surface area contributed by atoms with Crippen molar-refractivity contribution in [3.05, 3.63) is 52.3 Å². The van der Waals surface area contributed by atoms with Crippen LogP contribution in [-0.2, 0) is 13.0 Å². The molecule has 1 heterocycles. The van der Waals surface area contributed by atoms with E-state index in [0.717, 1.165) is 10.3 Å². The summed E-state index contributed by atoms with van der Waals surface area (Å²) in [6, 6.07) is 4.92. The van der Waals surface area contributed by atoms with Gasteiger partial charge in [-0.2, -0.15) is 0 Å². The SMILES string of the molecule is NCCc1nccn1Cc1cc(Br)ccc1F. The second-order valence-corrected chi connectivity index (χ2v) is 4.66. The zero-order valence-corrected chi connectivity index (χ0v) is 10.8. The maximum atomic E-state index is 13.6. The van der Waals surface area contributed by atoms with E-state index in [9.17, 15) is 4.39 Å². The molecule has 0 radical (unpaired) electrons. The fraction of sp³-hybridized carbons (Fsp3) is 0.250. The van der Waals surface area contributed by atoms with Crippen LogP contribution in [0.15, 0.2) is 35.1 Å². The van der Waals surface area contributed by atoms with Crippen molar-refractivity contribution in [2.24, 2.45) is 5.73 Å². The van der Waals surface area contributed by atoms with Crippen LogP contribution >= 0.6 is 15.9 Å². The van der Waals surface area contributed by atoms with Gasteiger partial charge in [-0.05, 0) is 24.7 Å². The van der Waals surface area contributed by atoms with E-state index in [1.807, 2.05) is 10.8 Å². The first-order valence-corrected chi connectivity index (χ1v) is 6.14. The van der Waals surface area contributed by atoms with Crippen molar-refractivity contribution in [3.8, 4) is 0 Å². The number of hydrogen-bond acceptors (Lipinski definition) is 2. The van der Waals surface area contributed by atoms with Crippen molar-refractivity contribution >= 4 is 15.9 Å². The summed E-state index contributed by atoms with van der Waals surface area (Å²) in [4.78, 5) is 4.20. The Kier molecular flexibility index (Phi) is 3.91. The standard InChI is InChI=1S/C12H13BrFN3/c13-10-1-2-11(14)9(7-10)8-17-6-5-16-12(17)3-4-15/h1-2,5-7H,3-4,8,15H2. The summed E-state index contributed by atoms with van der Waals surface area (Å²) in [6.07, 6.45) is 4.24. The first-order valence-electron chi connectivity index (χ1n) is 5.34. The lowest BCUT2D eigenvalue weighted by atomic mass is 10.2. The second kappa shape index (κ2) is 5.42. The molecule has 0 amide bonds. The molecule has 2 N–H and O–H groups in total. The molecular formula is C12H13BrFN3. The Hall–Kier alpha value is -1.20. The highest BCUT2D eigenvalue weighted by Crippen LogP contribution is 2.17. The molecule has 17 heavy (non-hydrogen) atoms. The van der Waals surface area contributed by atoms with E-state index < -0.39 is 0 Å². The van der Waals surface area contributed by atoms with Gasteiger partial charge in [-0.1, -0.05) is 15.9 Å². The molecule has 0 aliphatic rings. The van der Waals surface area contributed by atoms with Crippen molar-refractivity contribution < 1.29 is 4.39 Å². The van der Waals surface area contributed by atoms with Gasteiger partial charge in [0.25, 0.3) is 0 Å². The molecule has 0 aliphatic heterocycles. The van der Waals surface area contributed by atoms with Gasteiger partial charge in [-0.3, -0.25) is 0 Å². The Morgan fingerprint density at radius 3 is 3.00 bits per heavy atom. The van der Waals surface area contributed by atoms with Crippen molar-refractivity contribution in [2.45, 2.75) is 13.0 Å². The molecule has 1 aromatic carbocycles. The number of halogens is 2. The minimum absolute atomic E-state index is 0.208. The number of rotatable bonds is 4. The van der Waals surface area contributed by atoms with Gasteiger partial charge in [0, 0.05) is 28.9 Å². The highest BCUT2D eigenvalue weighted by molar-refractivity contribution is 9.10. The summed E-state index contributed by atoms with van der Waals surface area (Å²) >= 11 is 3.34. The summed E-state index contributed by atoms with van der Waals surface area (Å²) in [5, 5.41) is 0.